The summed E-state index contributed by atoms with van der Waals surface area (Å²) >= 11 is 0. The third kappa shape index (κ3) is 10.1. The summed E-state index contributed by atoms with van der Waals surface area (Å²) in [6.45, 7) is 11.6. The topological polar surface area (TPSA) is 136 Å². The summed E-state index contributed by atoms with van der Waals surface area (Å²) in [6.07, 6.45) is 16.2. The lowest BCUT2D eigenvalue weighted by Gasteiger charge is -2.53. The fourth-order valence-corrected chi connectivity index (χ4v) is 9.63. The van der Waals surface area contributed by atoms with Gasteiger partial charge in [0, 0.05) is 44.3 Å². The van der Waals surface area contributed by atoms with Gasteiger partial charge in [-0.3, -0.25) is 9.59 Å². The molecular formula is C45H66N2O8. The van der Waals surface area contributed by atoms with Gasteiger partial charge >= 0.3 is 5.97 Å². The van der Waals surface area contributed by atoms with Gasteiger partial charge in [-0.05, 0) is 92.9 Å². The van der Waals surface area contributed by atoms with Crippen LogP contribution in [0.2, 0.25) is 0 Å². The summed E-state index contributed by atoms with van der Waals surface area (Å²) in [6, 6.07) is 7.69. The molecule has 1 aromatic carbocycles. The van der Waals surface area contributed by atoms with Crippen molar-refractivity contribution in [2.24, 2.45) is 17.3 Å². The molecule has 2 aliphatic heterocycles. The number of benzene rings is 1. The van der Waals surface area contributed by atoms with Crippen LogP contribution in [0.5, 0.6) is 0 Å². The Hall–Kier alpha value is -3.05. The van der Waals surface area contributed by atoms with Gasteiger partial charge in [-0.1, -0.05) is 77.2 Å². The predicted octanol–water partition coefficient (Wildman–Crippen LogP) is 7.58. The molecule has 0 spiro atoms. The highest BCUT2D eigenvalue weighted by Gasteiger charge is 2.56. The van der Waals surface area contributed by atoms with Crippen molar-refractivity contribution >= 4 is 23.9 Å². The second kappa shape index (κ2) is 18.0. The van der Waals surface area contributed by atoms with E-state index in [1.165, 1.54) is 18.4 Å². The number of unbranched alkanes of at least 4 members (excludes halogenated alkanes) is 4. The fourth-order valence-electron chi connectivity index (χ4n) is 9.63. The number of rotatable bonds is 17. The number of hydrogen-bond donors (Lipinski definition) is 3. The minimum absolute atomic E-state index is 0.0483. The number of fused-ring (bicyclic) bond motifs is 3. The predicted molar refractivity (Wildman–Crippen MR) is 212 cm³/mol. The Balaban J connectivity index is 1.16. The maximum absolute atomic E-state index is 13.8. The number of allylic oxidation sites excluding steroid dienone is 1. The number of epoxide rings is 1. The van der Waals surface area contributed by atoms with Crippen molar-refractivity contribution in [3.63, 3.8) is 0 Å². The molecule has 3 N–H and O–H groups in total. The first kappa shape index (κ1) is 41.6. The molecule has 7 atom stereocenters. The van der Waals surface area contributed by atoms with E-state index in [1.54, 1.807) is 0 Å². The van der Waals surface area contributed by atoms with Crippen molar-refractivity contribution in [1.82, 2.24) is 10.6 Å². The maximum atomic E-state index is 13.8. The first-order valence-electron chi connectivity index (χ1n) is 21.3. The standard InChI is InChI=1S/C45H66N2O8/c1-6-8-10-20-45(21-11-9-7-2)53-37-28-33(41(50)47-23-19-39(49)46-24-25-48)27-36(40(37)55-45)52-42(51)31-14-12-30(13-15-31)26-32-16-17-38-44(5,54-38)22-18-35-34(32)29-43(35,3)4/h12-15,26,28,34-38,40,48H,6-11,16-25,27,29H2,1-5H3,(H,46,49)(H,47,50). The minimum Gasteiger partial charge on any atom is -0.456 e. The highest BCUT2D eigenvalue weighted by Crippen LogP contribution is 2.59. The van der Waals surface area contributed by atoms with Gasteiger partial charge in [-0.15, -0.1) is 0 Å². The molecule has 55 heavy (non-hydrogen) atoms. The van der Waals surface area contributed by atoms with Gasteiger partial charge in [0.15, 0.2) is 5.79 Å². The molecule has 304 valence electrons. The third-order valence-electron chi connectivity index (χ3n) is 13.0. The number of carbonyl (C=O) groups is 3. The lowest BCUT2D eigenvalue weighted by molar-refractivity contribution is -0.190. The number of esters is 1. The first-order valence-corrected chi connectivity index (χ1v) is 21.3. The lowest BCUT2D eigenvalue weighted by atomic mass is 9.52. The van der Waals surface area contributed by atoms with Crippen molar-refractivity contribution in [2.75, 3.05) is 19.7 Å². The Morgan fingerprint density at radius 1 is 0.927 bits per heavy atom. The Bertz CT molecular complexity index is 1560. The van der Waals surface area contributed by atoms with Gasteiger partial charge in [0.05, 0.1) is 23.9 Å². The van der Waals surface area contributed by atoms with E-state index in [4.69, 9.17) is 24.1 Å². The van der Waals surface area contributed by atoms with Crippen molar-refractivity contribution in [3.05, 3.63) is 52.6 Å². The van der Waals surface area contributed by atoms with Crippen LogP contribution in [-0.4, -0.2) is 78.4 Å². The molecule has 2 amide bonds. The summed E-state index contributed by atoms with van der Waals surface area (Å²) in [5.41, 5.74) is 3.86. The van der Waals surface area contributed by atoms with Crippen LogP contribution in [-0.2, 0) is 28.5 Å². The molecule has 10 heteroatoms. The van der Waals surface area contributed by atoms with Crippen molar-refractivity contribution in [1.29, 1.82) is 0 Å². The van der Waals surface area contributed by atoms with Crippen LogP contribution < -0.4 is 10.6 Å². The average Bonchev–Trinajstić information content (AvgIpc) is 3.64. The second-order valence-corrected chi connectivity index (χ2v) is 17.7. The van der Waals surface area contributed by atoms with E-state index in [0.29, 0.717) is 34.5 Å². The van der Waals surface area contributed by atoms with E-state index in [1.807, 2.05) is 30.3 Å². The molecule has 2 heterocycles. The SMILES string of the molecule is CCCCCC1(CCCCC)OC2C=C(C(=O)NCCC(=O)NCCO)CC(OC(=O)c3ccc(C=C4CCC5OC5(C)CCC5C4CC5(C)C)cc3)C2O1. The molecule has 4 fully saturated rings. The first-order chi connectivity index (χ1) is 26.4. The fraction of sp³-hybridized carbons (Fsp3) is 0.711. The van der Waals surface area contributed by atoms with Gasteiger partial charge < -0.3 is 34.7 Å². The minimum atomic E-state index is -0.804. The lowest BCUT2D eigenvalue weighted by Crippen LogP contribution is -2.45. The molecule has 0 bridgehead atoms. The molecular weight excluding hydrogens is 697 g/mol. The largest absolute Gasteiger partial charge is 0.456 e. The van der Waals surface area contributed by atoms with Crippen LogP contribution in [0.4, 0.5) is 0 Å². The quantitative estimate of drug-likeness (QED) is 0.0841. The summed E-state index contributed by atoms with van der Waals surface area (Å²) in [4.78, 5) is 39.3. The van der Waals surface area contributed by atoms with Crippen molar-refractivity contribution < 1.29 is 38.4 Å². The number of hydrogen-bond acceptors (Lipinski definition) is 8. The zero-order valence-corrected chi connectivity index (χ0v) is 34.0. The van der Waals surface area contributed by atoms with Crippen LogP contribution in [0, 0.1) is 17.3 Å². The number of nitrogens with one attached hydrogen (secondary N) is 2. The number of aliphatic hydroxyl groups is 1. The molecule has 10 nitrogen and oxygen atoms in total. The van der Waals surface area contributed by atoms with Crippen LogP contribution in [0.15, 0.2) is 41.5 Å². The number of ether oxygens (including phenoxy) is 4. The Morgan fingerprint density at radius 2 is 1.65 bits per heavy atom. The van der Waals surface area contributed by atoms with E-state index in [2.05, 4.69) is 51.3 Å². The Kier molecular flexibility index (Phi) is 13.6. The number of amides is 2. The summed E-state index contributed by atoms with van der Waals surface area (Å²) in [5.74, 6) is -0.603. The van der Waals surface area contributed by atoms with Crippen LogP contribution in [0.25, 0.3) is 6.08 Å². The van der Waals surface area contributed by atoms with Crippen LogP contribution in [0.3, 0.4) is 0 Å². The Labute approximate surface area is 328 Å². The molecule has 7 unspecified atom stereocenters. The maximum Gasteiger partial charge on any atom is 0.338 e. The average molecular weight is 763 g/mol. The van der Waals surface area contributed by atoms with Gasteiger partial charge in [0.25, 0.3) is 0 Å². The van der Waals surface area contributed by atoms with E-state index in [0.717, 1.165) is 76.2 Å². The molecule has 2 saturated heterocycles. The highest BCUT2D eigenvalue weighted by molar-refractivity contribution is 5.94. The zero-order chi connectivity index (χ0) is 39.2. The monoisotopic (exact) mass is 762 g/mol. The van der Waals surface area contributed by atoms with E-state index in [-0.39, 0.29) is 50.0 Å². The molecule has 0 aromatic heterocycles. The second-order valence-electron chi connectivity index (χ2n) is 17.7. The normalized spacial score (nSPS) is 30.9. The molecule has 0 radical (unpaired) electrons. The molecule has 5 aliphatic rings. The van der Waals surface area contributed by atoms with Crippen LogP contribution in [0.1, 0.15) is 147 Å². The summed E-state index contributed by atoms with van der Waals surface area (Å²) < 4.78 is 25.9. The Morgan fingerprint density at radius 3 is 2.33 bits per heavy atom. The smallest absolute Gasteiger partial charge is 0.338 e. The van der Waals surface area contributed by atoms with Crippen molar-refractivity contribution in [3.8, 4) is 0 Å². The molecule has 2 saturated carbocycles. The van der Waals surface area contributed by atoms with E-state index >= 15 is 0 Å². The summed E-state index contributed by atoms with van der Waals surface area (Å²) in [5, 5.41) is 14.4. The van der Waals surface area contributed by atoms with E-state index in [9.17, 15) is 14.4 Å². The molecule has 3 aliphatic carbocycles. The molecule has 1 aromatic rings. The van der Waals surface area contributed by atoms with Crippen LogP contribution >= 0.6 is 0 Å². The number of carbonyl (C=O) groups excluding carboxylic acids is 3. The van der Waals surface area contributed by atoms with Gasteiger partial charge in [-0.2, -0.15) is 0 Å². The van der Waals surface area contributed by atoms with Crippen molar-refractivity contribution in [2.45, 2.75) is 167 Å². The zero-order valence-electron chi connectivity index (χ0n) is 34.0. The summed E-state index contributed by atoms with van der Waals surface area (Å²) in [7, 11) is 0. The molecule has 6 rings (SSSR count). The van der Waals surface area contributed by atoms with Gasteiger partial charge in [-0.25, -0.2) is 4.79 Å². The third-order valence-corrected chi connectivity index (χ3v) is 13.0. The number of aliphatic hydroxyl groups excluding tert-OH is 1. The van der Waals surface area contributed by atoms with E-state index < -0.39 is 30.1 Å². The van der Waals surface area contributed by atoms with Gasteiger partial charge in [0.1, 0.15) is 18.3 Å². The van der Waals surface area contributed by atoms with Gasteiger partial charge in [0.2, 0.25) is 11.8 Å². The highest BCUT2D eigenvalue weighted by atomic mass is 16.8.